The van der Waals surface area contributed by atoms with Crippen LogP contribution in [0.2, 0.25) is 0 Å². The Morgan fingerprint density at radius 3 is 2.46 bits per heavy atom. The van der Waals surface area contributed by atoms with E-state index in [-0.39, 0.29) is 15.6 Å². The standard InChI is InChI=1S/C9H16Br2O2/c1-3-4-5-6-7(10)8(11)9(12)13-2/h7-8H,3-6H2,1-2H3. The number of esters is 1. The average molecular weight is 316 g/mol. The Morgan fingerprint density at radius 2 is 2.00 bits per heavy atom. The Morgan fingerprint density at radius 1 is 1.38 bits per heavy atom. The molecule has 0 aliphatic rings. The minimum atomic E-state index is -0.227. The van der Waals surface area contributed by atoms with Crippen molar-refractivity contribution in [3.05, 3.63) is 0 Å². The SMILES string of the molecule is CCCCCC(Br)C(Br)C(=O)OC. The summed E-state index contributed by atoms with van der Waals surface area (Å²) in [6.45, 7) is 2.16. The second-order valence-corrected chi connectivity index (χ2v) is 5.10. The Bertz CT molecular complexity index is 151. The molecular formula is C9H16Br2O2. The molecule has 0 N–H and O–H groups in total. The number of halogens is 2. The van der Waals surface area contributed by atoms with E-state index in [1.807, 2.05) is 0 Å². The molecule has 0 saturated heterocycles. The number of unbranched alkanes of at least 4 members (excludes halogenated alkanes) is 2. The van der Waals surface area contributed by atoms with Crippen molar-refractivity contribution in [2.75, 3.05) is 7.11 Å². The summed E-state index contributed by atoms with van der Waals surface area (Å²) in [6, 6.07) is 0. The molecule has 0 spiro atoms. The molecule has 0 amide bonds. The molecule has 0 fully saturated rings. The summed E-state index contributed by atoms with van der Waals surface area (Å²) < 4.78 is 4.62. The van der Waals surface area contributed by atoms with E-state index in [2.05, 4.69) is 43.5 Å². The molecular weight excluding hydrogens is 300 g/mol. The van der Waals surface area contributed by atoms with Crippen LogP contribution in [0.5, 0.6) is 0 Å². The van der Waals surface area contributed by atoms with Crippen LogP contribution in [0, 0.1) is 0 Å². The van der Waals surface area contributed by atoms with Gasteiger partial charge in [0.05, 0.1) is 7.11 Å². The Hall–Kier alpha value is 0.430. The molecule has 2 unspecified atom stereocenters. The summed E-state index contributed by atoms with van der Waals surface area (Å²) in [5.41, 5.74) is 0. The topological polar surface area (TPSA) is 26.3 Å². The monoisotopic (exact) mass is 314 g/mol. The number of methoxy groups -OCH3 is 1. The van der Waals surface area contributed by atoms with E-state index < -0.39 is 0 Å². The lowest BCUT2D eigenvalue weighted by atomic mass is 10.1. The Kier molecular flexibility index (Phi) is 8.06. The van der Waals surface area contributed by atoms with Crippen LogP contribution in [0.3, 0.4) is 0 Å². The zero-order valence-corrected chi connectivity index (χ0v) is 11.2. The third-order valence-electron chi connectivity index (χ3n) is 1.83. The zero-order chi connectivity index (χ0) is 10.3. The van der Waals surface area contributed by atoms with E-state index in [9.17, 15) is 4.79 Å². The van der Waals surface area contributed by atoms with Gasteiger partial charge in [0, 0.05) is 4.83 Å². The second kappa shape index (κ2) is 7.80. The molecule has 0 aromatic rings. The van der Waals surface area contributed by atoms with Crippen LogP contribution in [0.25, 0.3) is 0 Å². The van der Waals surface area contributed by atoms with Crippen LogP contribution in [0.4, 0.5) is 0 Å². The number of rotatable bonds is 6. The number of carbonyl (C=O) groups excluding carboxylic acids is 1. The first-order chi connectivity index (χ1) is 6.13. The summed E-state index contributed by atoms with van der Waals surface area (Å²) in [4.78, 5) is 11.0. The van der Waals surface area contributed by atoms with Crippen LogP contribution < -0.4 is 0 Å². The fourth-order valence-electron chi connectivity index (χ4n) is 0.996. The van der Waals surface area contributed by atoms with Crippen molar-refractivity contribution in [3.8, 4) is 0 Å². The maximum Gasteiger partial charge on any atom is 0.320 e. The first kappa shape index (κ1) is 13.4. The van der Waals surface area contributed by atoms with Crippen molar-refractivity contribution in [2.45, 2.75) is 42.3 Å². The quantitative estimate of drug-likeness (QED) is 0.427. The minimum absolute atomic E-state index is 0.173. The van der Waals surface area contributed by atoms with Crippen molar-refractivity contribution in [1.29, 1.82) is 0 Å². The molecule has 2 nitrogen and oxygen atoms in total. The first-order valence-electron chi connectivity index (χ1n) is 4.49. The normalized spacial score (nSPS) is 15.1. The van der Waals surface area contributed by atoms with Crippen molar-refractivity contribution in [2.24, 2.45) is 0 Å². The molecule has 0 aliphatic heterocycles. The van der Waals surface area contributed by atoms with Crippen molar-refractivity contribution in [3.63, 3.8) is 0 Å². The molecule has 0 saturated carbocycles. The lowest BCUT2D eigenvalue weighted by molar-refractivity contribution is -0.139. The van der Waals surface area contributed by atoms with Crippen LogP contribution in [-0.4, -0.2) is 22.7 Å². The molecule has 0 aliphatic carbocycles. The number of alkyl halides is 2. The van der Waals surface area contributed by atoms with Gasteiger partial charge < -0.3 is 4.74 Å². The third kappa shape index (κ3) is 5.68. The van der Waals surface area contributed by atoms with E-state index in [4.69, 9.17) is 0 Å². The van der Waals surface area contributed by atoms with E-state index in [0.29, 0.717) is 0 Å². The highest BCUT2D eigenvalue weighted by Crippen LogP contribution is 2.21. The number of carbonyl (C=O) groups is 1. The van der Waals surface area contributed by atoms with Gasteiger partial charge in [-0.25, -0.2) is 0 Å². The van der Waals surface area contributed by atoms with E-state index in [1.54, 1.807) is 0 Å². The average Bonchev–Trinajstić information content (AvgIpc) is 2.15. The predicted octanol–water partition coefficient (Wildman–Crippen LogP) is 3.27. The van der Waals surface area contributed by atoms with Gasteiger partial charge in [0.1, 0.15) is 4.83 Å². The van der Waals surface area contributed by atoms with Crippen molar-refractivity contribution >= 4 is 37.8 Å². The van der Waals surface area contributed by atoms with E-state index in [1.165, 1.54) is 20.0 Å². The highest BCUT2D eigenvalue weighted by molar-refractivity contribution is 9.12. The van der Waals surface area contributed by atoms with Gasteiger partial charge in [-0.05, 0) is 6.42 Å². The maximum atomic E-state index is 11.1. The molecule has 2 atom stereocenters. The summed E-state index contributed by atoms with van der Waals surface area (Å²) in [5.74, 6) is -0.210. The number of ether oxygens (including phenoxy) is 1. The van der Waals surface area contributed by atoms with Gasteiger partial charge in [0.15, 0.2) is 0 Å². The minimum Gasteiger partial charge on any atom is -0.468 e. The van der Waals surface area contributed by atoms with Crippen molar-refractivity contribution < 1.29 is 9.53 Å². The summed E-state index contributed by atoms with van der Waals surface area (Å²) in [6.07, 6.45) is 4.55. The summed E-state index contributed by atoms with van der Waals surface area (Å²) in [7, 11) is 1.41. The summed E-state index contributed by atoms with van der Waals surface area (Å²) in [5, 5.41) is 0. The van der Waals surface area contributed by atoms with E-state index in [0.717, 1.165) is 12.8 Å². The third-order valence-corrected chi connectivity index (χ3v) is 4.54. The van der Waals surface area contributed by atoms with Crippen LogP contribution in [0.15, 0.2) is 0 Å². The Labute approximate surface area is 96.7 Å². The van der Waals surface area contributed by atoms with Gasteiger partial charge >= 0.3 is 5.97 Å². The van der Waals surface area contributed by atoms with Crippen molar-refractivity contribution in [1.82, 2.24) is 0 Å². The van der Waals surface area contributed by atoms with Crippen LogP contribution >= 0.6 is 31.9 Å². The summed E-state index contributed by atoms with van der Waals surface area (Å²) >= 11 is 6.77. The van der Waals surface area contributed by atoms with Gasteiger partial charge in [-0.2, -0.15) is 0 Å². The first-order valence-corrected chi connectivity index (χ1v) is 6.32. The fraction of sp³-hybridized carbons (Fsp3) is 0.889. The van der Waals surface area contributed by atoms with Crippen LogP contribution in [0.1, 0.15) is 32.6 Å². The largest absolute Gasteiger partial charge is 0.468 e. The highest BCUT2D eigenvalue weighted by Gasteiger charge is 2.23. The van der Waals surface area contributed by atoms with Gasteiger partial charge in [-0.15, -0.1) is 0 Å². The maximum absolute atomic E-state index is 11.1. The molecule has 0 rings (SSSR count). The molecule has 78 valence electrons. The predicted molar refractivity (Wildman–Crippen MR) is 61.6 cm³/mol. The smallest absolute Gasteiger partial charge is 0.320 e. The Balaban J connectivity index is 3.68. The molecule has 0 aromatic carbocycles. The lowest BCUT2D eigenvalue weighted by Gasteiger charge is -2.13. The highest BCUT2D eigenvalue weighted by atomic mass is 79.9. The second-order valence-electron chi connectivity index (χ2n) is 2.94. The molecule has 0 heterocycles. The number of hydrogen-bond acceptors (Lipinski definition) is 2. The fourth-order valence-corrected chi connectivity index (χ4v) is 1.99. The molecule has 4 heteroatoms. The molecule has 0 radical (unpaired) electrons. The van der Waals surface area contributed by atoms with E-state index >= 15 is 0 Å². The van der Waals surface area contributed by atoms with Gasteiger partial charge in [-0.1, -0.05) is 58.0 Å². The molecule has 13 heavy (non-hydrogen) atoms. The molecule has 0 aromatic heterocycles. The van der Waals surface area contributed by atoms with Gasteiger partial charge in [-0.3, -0.25) is 4.79 Å². The van der Waals surface area contributed by atoms with Gasteiger partial charge in [0.2, 0.25) is 0 Å². The molecule has 0 bridgehead atoms. The lowest BCUT2D eigenvalue weighted by Crippen LogP contribution is -2.25. The van der Waals surface area contributed by atoms with Crippen LogP contribution in [-0.2, 0) is 9.53 Å². The zero-order valence-electron chi connectivity index (χ0n) is 8.06. The van der Waals surface area contributed by atoms with Gasteiger partial charge in [0.25, 0.3) is 0 Å². The number of hydrogen-bond donors (Lipinski definition) is 0.